The first-order valence-electron chi connectivity index (χ1n) is 8.24. The Morgan fingerprint density at radius 2 is 1.68 bits per heavy atom. The maximum atomic E-state index is 12.3. The van der Waals surface area contributed by atoms with Crippen LogP contribution < -0.4 is 15.5 Å². The smallest absolute Gasteiger partial charge is 0.251 e. The molecule has 0 fully saturated rings. The molecule has 25 heavy (non-hydrogen) atoms. The number of hydrogen-bond donors (Lipinski definition) is 2. The van der Waals surface area contributed by atoms with Crippen LogP contribution in [-0.4, -0.2) is 30.9 Å². The third-order valence-electron chi connectivity index (χ3n) is 3.57. The molecule has 0 aliphatic carbocycles. The Balaban J connectivity index is 1.98. The number of anilines is 2. The Bertz CT molecular complexity index is 736. The molecule has 132 valence electrons. The third kappa shape index (κ3) is 5.64. The first kappa shape index (κ1) is 18.5. The zero-order valence-corrected chi connectivity index (χ0v) is 15.2. The summed E-state index contributed by atoms with van der Waals surface area (Å²) in [5, 5.41) is 6.01. The van der Waals surface area contributed by atoms with Crippen LogP contribution in [0.3, 0.4) is 0 Å². The zero-order chi connectivity index (χ0) is 18.4. The highest BCUT2D eigenvalue weighted by Crippen LogP contribution is 2.14. The highest BCUT2D eigenvalue weighted by molar-refractivity contribution is 5.97. The molecule has 0 aliphatic heterocycles. The molecule has 2 rings (SSSR count). The lowest BCUT2D eigenvalue weighted by atomic mass is 10.1. The van der Waals surface area contributed by atoms with Gasteiger partial charge in [-0.15, -0.1) is 0 Å². The Hall–Kier alpha value is -2.82. The lowest BCUT2D eigenvalue weighted by Gasteiger charge is -2.21. The summed E-state index contributed by atoms with van der Waals surface area (Å²) in [4.78, 5) is 26.1. The highest BCUT2D eigenvalue weighted by Gasteiger charge is 2.16. The van der Waals surface area contributed by atoms with Crippen molar-refractivity contribution >= 4 is 23.2 Å². The number of carbonyl (C=O) groups is 2. The van der Waals surface area contributed by atoms with Gasteiger partial charge in [-0.1, -0.05) is 24.3 Å². The Kier molecular flexibility index (Phi) is 5.80. The van der Waals surface area contributed by atoms with Crippen molar-refractivity contribution in [3.63, 3.8) is 0 Å². The van der Waals surface area contributed by atoms with E-state index in [4.69, 9.17) is 0 Å². The zero-order valence-electron chi connectivity index (χ0n) is 15.2. The molecule has 2 aromatic carbocycles. The predicted octanol–water partition coefficient (Wildman–Crippen LogP) is 3.29. The largest absolute Gasteiger partial charge is 0.376 e. The summed E-state index contributed by atoms with van der Waals surface area (Å²) < 4.78 is 0. The summed E-state index contributed by atoms with van der Waals surface area (Å²) in [6.07, 6.45) is 0. The van der Waals surface area contributed by atoms with E-state index in [9.17, 15) is 9.59 Å². The third-order valence-corrected chi connectivity index (χ3v) is 3.57. The fourth-order valence-electron chi connectivity index (χ4n) is 2.28. The van der Waals surface area contributed by atoms with Crippen molar-refractivity contribution in [1.82, 2.24) is 5.32 Å². The second kappa shape index (κ2) is 7.83. The van der Waals surface area contributed by atoms with Crippen molar-refractivity contribution in [2.24, 2.45) is 0 Å². The number of nitrogens with one attached hydrogen (secondary N) is 2. The van der Waals surface area contributed by atoms with Gasteiger partial charge < -0.3 is 15.5 Å². The van der Waals surface area contributed by atoms with Crippen molar-refractivity contribution in [3.05, 3.63) is 60.2 Å². The quantitative estimate of drug-likeness (QED) is 0.879. The van der Waals surface area contributed by atoms with E-state index in [0.717, 1.165) is 11.4 Å². The Morgan fingerprint density at radius 1 is 1.00 bits per heavy atom. The molecule has 0 spiro atoms. The normalized spacial score (nSPS) is 10.9. The average molecular weight is 339 g/mol. The summed E-state index contributed by atoms with van der Waals surface area (Å²) >= 11 is 0. The van der Waals surface area contributed by atoms with E-state index in [2.05, 4.69) is 10.6 Å². The first-order valence-corrected chi connectivity index (χ1v) is 8.24. The standard InChI is InChI=1S/C20H25N3O2/c1-20(2,3)22-19(25)15-9-8-10-16(13-15)21-14-18(24)23(4)17-11-6-5-7-12-17/h5-13,21H,14H2,1-4H3,(H,22,25). The van der Waals surface area contributed by atoms with E-state index < -0.39 is 0 Å². The topological polar surface area (TPSA) is 61.4 Å². The maximum absolute atomic E-state index is 12.3. The molecule has 2 aromatic rings. The van der Waals surface area contributed by atoms with Crippen LogP contribution in [-0.2, 0) is 4.79 Å². The van der Waals surface area contributed by atoms with Crippen LogP contribution in [0.1, 0.15) is 31.1 Å². The van der Waals surface area contributed by atoms with Crippen molar-refractivity contribution in [2.75, 3.05) is 23.8 Å². The van der Waals surface area contributed by atoms with Gasteiger partial charge in [-0.25, -0.2) is 0 Å². The number of carbonyl (C=O) groups excluding carboxylic acids is 2. The molecule has 0 bridgehead atoms. The molecule has 5 heteroatoms. The molecule has 0 atom stereocenters. The van der Waals surface area contributed by atoms with Gasteiger partial charge in [0.25, 0.3) is 5.91 Å². The average Bonchev–Trinajstić information content (AvgIpc) is 2.58. The SMILES string of the molecule is CN(C(=O)CNc1cccc(C(=O)NC(C)(C)C)c1)c1ccccc1. The molecule has 2 amide bonds. The molecule has 5 nitrogen and oxygen atoms in total. The van der Waals surface area contributed by atoms with Crippen molar-refractivity contribution < 1.29 is 9.59 Å². The molecule has 0 saturated carbocycles. The minimum Gasteiger partial charge on any atom is -0.376 e. The van der Waals surface area contributed by atoms with Gasteiger partial charge in [0, 0.05) is 29.5 Å². The fraction of sp³-hybridized carbons (Fsp3) is 0.300. The van der Waals surface area contributed by atoms with Gasteiger partial charge in [-0.2, -0.15) is 0 Å². The van der Waals surface area contributed by atoms with Gasteiger partial charge in [-0.05, 0) is 51.1 Å². The summed E-state index contributed by atoms with van der Waals surface area (Å²) in [5.74, 6) is -0.195. The molecule has 0 radical (unpaired) electrons. The van der Waals surface area contributed by atoms with Crippen LogP contribution in [0.5, 0.6) is 0 Å². The van der Waals surface area contributed by atoms with Crippen molar-refractivity contribution in [3.8, 4) is 0 Å². The van der Waals surface area contributed by atoms with E-state index in [-0.39, 0.29) is 23.9 Å². The van der Waals surface area contributed by atoms with Gasteiger partial charge >= 0.3 is 0 Å². The maximum Gasteiger partial charge on any atom is 0.251 e. The number of nitrogens with zero attached hydrogens (tertiary/aromatic N) is 1. The molecule has 0 saturated heterocycles. The molecule has 2 N–H and O–H groups in total. The van der Waals surface area contributed by atoms with Crippen LogP contribution in [0.15, 0.2) is 54.6 Å². The van der Waals surface area contributed by atoms with Gasteiger partial charge in [0.1, 0.15) is 0 Å². The van der Waals surface area contributed by atoms with E-state index in [1.807, 2.05) is 57.2 Å². The van der Waals surface area contributed by atoms with Gasteiger partial charge in [0.15, 0.2) is 0 Å². The van der Waals surface area contributed by atoms with Gasteiger partial charge in [0.05, 0.1) is 6.54 Å². The van der Waals surface area contributed by atoms with Crippen molar-refractivity contribution in [1.29, 1.82) is 0 Å². The lowest BCUT2D eigenvalue weighted by molar-refractivity contribution is -0.116. The summed E-state index contributed by atoms with van der Waals surface area (Å²) in [5.41, 5.74) is 1.84. The van der Waals surface area contributed by atoms with E-state index >= 15 is 0 Å². The minimum atomic E-state index is -0.297. The molecule has 0 aliphatic rings. The lowest BCUT2D eigenvalue weighted by Crippen LogP contribution is -2.40. The van der Waals surface area contributed by atoms with Crippen molar-refractivity contribution in [2.45, 2.75) is 26.3 Å². The molecular weight excluding hydrogens is 314 g/mol. The fourth-order valence-corrected chi connectivity index (χ4v) is 2.28. The van der Waals surface area contributed by atoms with Gasteiger partial charge in [-0.3, -0.25) is 9.59 Å². The molecule has 0 heterocycles. The van der Waals surface area contributed by atoms with Crippen LogP contribution in [0.25, 0.3) is 0 Å². The number of rotatable bonds is 5. The molecular formula is C20H25N3O2. The van der Waals surface area contributed by atoms with Gasteiger partial charge in [0.2, 0.25) is 5.91 Å². The van der Waals surface area contributed by atoms with E-state index in [1.54, 1.807) is 30.1 Å². The second-order valence-electron chi connectivity index (χ2n) is 6.93. The monoisotopic (exact) mass is 339 g/mol. The van der Waals surface area contributed by atoms with Crippen LogP contribution in [0, 0.1) is 0 Å². The van der Waals surface area contributed by atoms with E-state index in [0.29, 0.717) is 5.56 Å². The number of benzene rings is 2. The number of hydrogen-bond acceptors (Lipinski definition) is 3. The highest BCUT2D eigenvalue weighted by atomic mass is 16.2. The second-order valence-corrected chi connectivity index (χ2v) is 6.93. The molecule has 0 unspecified atom stereocenters. The predicted molar refractivity (Wildman–Crippen MR) is 102 cm³/mol. The van der Waals surface area contributed by atoms with E-state index in [1.165, 1.54) is 0 Å². The van der Waals surface area contributed by atoms with Crippen LogP contribution in [0.4, 0.5) is 11.4 Å². The number of likely N-dealkylation sites (N-methyl/N-ethyl adjacent to an activating group) is 1. The van der Waals surface area contributed by atoms with Crippen LogP contribution >= 0.6 is 0 Å². The summed E-state index contributed by atoms with van der Waals surface area (Å²) in [7, 11) is 1.74. The Labute approximate surface area is 149 Å². The first-order chi connectivity index (χ1) is 11.8. The number of amides is 2. The van der Waals surface area contributed by atoms with Crippen LogP contribution in [0.2, 0.25) is 0 Å². The molecule has 0 aromatic heterocycles. The summed E-state index contributed by atoms with van der Waals surface area (Å²) in [6, 6.07) is 16.6. The minimum absolute atomic E-state index is 0.0595. The summed E-state index contributed by atoms with van der Waals surface area (Å²) in [6.45, 7) is 5.96. The number of para-hydroxylation sites is 1. The Morgan fingerprint density at radius 3 is 2.32 bits per heavy atom.